The van der Waals surface area contributed by atoms with E-state index in [1.54, 1.807) is 24.3 Å². The summed E-state index contributed by atoms with van der Waals surface area (Å²) < 4.78 is 10.8. The zero-order chi connectivity index (χ0) is 17.2. The molecule has 1 amide bonds. The number of nitrogens with zero attached hydrogens (tertiary/aromatic N) is 3. The summed E-state index contributed by atoms with van der Waals surface area (Å²) in [4.78, 5) is 20.5. The van der Waals surface area contributed by atoms with Gasteiger partial charge in [-0.05, 0) is 27.7 Å². The van der Waals surface area contributed by atoms with Crippen LogP contribution in [-0.2, 0) is 4.74 Å². The maximum absolute atomic E-state index is 12.3. The highest BCUT2D eigenvalue weighted by atomic mass is 16.6. The number of nitrogen functional groups attached to an aromatic ring is 1. The summed E-state index contributed by atoms with van der Waals surface area (Å²) in [5.74, 6) is 1.39. The summed E-state index contributed by atoms with van der Waals surface area (Å²) in [6.07, 6.45) is 1.34. The minimum absolute atomic E-state index is 0.0164. The average molecular weight is 322 g/mol. The molecule has 0 bridgehead atoms. The normalized spacial score (nSPS) is 18.7. The largest absolute Gasteiger partial charge is 0.493 e. The van der Waals surface area contributed by atoms with Gasteiger partial charge < -0.3 is 25.0 Å². The molecule has 7 nitrogen and oxygen atoms in total. The van der Waals surface area contributed by atoms with Crippen LogP contribution in [0.4, 0.5) is 16.3 Å². The Kier molecular flexibility index (Phi) is 4.87. The fourth-order valence-corrected chi connectivity index (χ4v) is 2.58. The third-order valence-corrected chi connectivity index (χ3v) is 3.63. The number of hydrogen-bond acceptors (Lipinski definition) is 6. The van der Waals surface area contributed by atoms with Gasteiger partial charge >= 0.3 is 6.09 Å². The van der Waals surface area contributed by atoms with Crippen molar-refractivity contribution >= 4 is 17.6 Å². The molecule has 1 aromatic heterocycles. The van der Waals surface area contributed by atoms with Crippen LogP contribution in [0.15, 0.2) is 12.3 Å². The summed E-state index contributed by atoms with van der Waals surface area (Å²) in [7, 11) is 1.60. The first kappa shape index (κ1) is 17.2. The van der Waals surface area contributed by atoms with Crippen LogP contribution in [0.1, 0.15) is 27.7 Å². The third-order valence-electron chi connectivity index (χ3n) is 3.63. The summed E-state index contributed by atoms with van der Waals surface area (Å²) >= 11 is 0. The molecule has 0 spiro atoms. The Morgan fingerprint density at radius 3 is 2.65 bits per heavy atom. The number of aromatic nitrogens is 1. The Morgan fingerprint density at radius 1 is 1.39 bits per heavy atom. The number of carbonyl (C=O) groups excluding carboxylic acids is 1. The number of nitrogens with two attached hydrogens (primary N) is 1. The number of hydrogen-bond donors (Lipinski definition) is 1. The van der Waals surface area contributed by atoms with E-state index in [4.69, 9.17) is 15.2 Å². The maximum Gasteiger partial charge on any atom is 0.410 e. The van der Waals surface area contributed by atoms with Crippen LogP contribution in [0.2, 0.25) is 0 Å². The van der Waals surface area contributed by atoms with Crippen LogP contribution in [0.5, 0.6) is 5.75 Å². The highest BCUT2D eigenvalue weighted by Crippen LogP contribution is 2.29. The second kappa shape index (κ2) is 6.52. The monoisotopic (exact) mass is 322 g/mol. The first-order valence-corrected chi connectivity index (χ1v) is 7.75. The molecule has 1 atom stereocenters. The number of methoxy groups -OCH3 is 1. The lowest BCUT2D eigenvalue weighted by molar-refractivity contribution is 0.0158. The fourth-order valence-electron chi connectivity index (χ4n) is 2.58. The molecule has 1 aromatic rings. The lowest BCUT2D eigenvalue weighted by atomic mass is 10.2. The van der Waals surface area contributed by atoms with Crippen molar-refractivity contribution in [1.82, 2.24) is 9.88 Å². The lowest BCUT2D eigenvalue weighted by Gasteiger charge is -2.40. The lowest BCUT2D eigenvalue weighted by Crippen LogP contribution is -2.55. The van der Waals surface area contributed by atoms with Crippen LogP contribution >= 0.6 is 0 Å². The van der Waals surface area contributed by atoms with Crippen LogP contribution in [0.3, 0.4) is 0 Å². The molecule has 2 heterocycles. The van der Waals surface area contributed by atoms with Crippen LogP contribution in [0.25, 0.3) is 0 Å². The van der Waals surface area contributed by atoms with Crippen molar-refractivity contribution in [2.24, 2.45) is 0 Å². The number of carbonyl (C=O) groups is 1. The van der Waals surface area contributed by atoms with E-state index in [0.717, 1.165) is 5.82 Å². The summed E-state index contributed by atoms with van der Waals surface area (Å²) in [5, 5.41) is 0. The SMILES string of the molecule is COc1cc(N)cnc1N1CCN(C(=O)OC(C)(C)C)[C@H](C)C1. The Balaban J connectivity index is 2.08. The van der Waals surface area contributed by atoms with Crippen LogP contribution < -0.4 is 15.4 Å². The highest BCUT2D eigenvalue weighted by molar-refractivity contribution is 5.69. The Morgan fingerprint density at radius 2 is 2.09 bits per heavy atom. The predicted octanol–water partition coefficient (Wildman–Crippen LogP) is 2.12. The first-order valence-electron chi connectivity index (χ1n) is 7.75. The van der Waals surface area contributed by atoms with Gasteiger partial charge in [0.1, 0.15) is 5.60 Å². The van der Waals surface area contributed by atoms with Crippen molar-refractivity contribution in [1.29, 1.82) is 0 Å². The minimum Gasteiger partial charge on any atom is -0.493 e. The van der Waals surface area contributed by atoms with E-state index in [1.165, 1.54) is 0 Å². The molecular formula is C16H26N4O3. The second-order valence-electron chi connectivity index (χ2n) is 6.76. The van der Waals surface area contributed by atoms with Gasteiger partial charge in [0.15, 0.2) is 11.6 Å². The Hall–Kier alpha value is -2.18. The third kappa shape index (κ3) is 4.18. The van der Waals surface area contributed by atoms with Crippen molar-refractivity contribution in [3.05, 3.63) is 12.3 Å². The topological polar surface area (TPSA) is 80.9 Å². The van der Waals surface area contributed by atoms with Crippen LogP contribution in [0, 0.1) is 0 Å². The molecule has 1 saturated heterocycles. The van der Waals surface area contributed by atoms with Crippen molar-refractivity contribution in [3.8, 4) is 5.75 Å². The molecule has 1 aliphatic heterocycles. The van der Waals surface area contributed by atoms with Gasteiger partial charge in [-0.2, -0.15) is 0 Å². The molecule has 128 valence electrons. The van der Waals surface area contributed by atoms with E-state index < -0.39 is 5.60 Å². The molecule has 0 radical (unpaired) electrons. The molecule has 2 N–H and O–H groups in total. The molecular weight excluding hydrogens is 296 g/mol. The Labute approximate surface area is 137 Å². The van der Waals surface area contributed by atoms with Gasteiger partial charge in [-0.25, -0.2) is 9.78 Å². The standard InChI is InChI=1S/C16H26N4O3/c1-11-10-19(14-13(22-5)8-12(17)9-18-14)6-7-20(11)15(21)23-16(2,3)4/h8-9,11H,6-7,10,17H2,1-5H3/t11-/m1/s1. The van der Waals surface area contributed by atoms with Crippen LogP contribution in [-0.4, -0.2) is 54.4 Å². The van der Waals surface area contributed by atoms with E-state index in [9.17, 15) is 4.79 Å². The van der Waals surface area contributed by atoms with Crippen molar-refractivity contribution in [2.75, 3.05) is 37.4 Å². The molecule has 2 rings (SSSR count). The zero-order valence-electron chi connectivity index (χ0n) is 14.5. The number of amides is 1. The summed E-state index contributed by atoms with van der Waals surface area (Å²) in [5.41, 5.74) is 5.82. The van der Waals surface area contributed by atoms with Crippen molar-refractivity contribution in [2.45, 2.75) is 39.3 Å². The number of ether oxygens (including phenoxy) is 2. The van der Waals surface area contributed by atoms with E-state index in [-0.39, 0.29) is 12.1 Å². The molecule has 0 saturated carbocycles. The molecule has 23 heavy (non-hydrogen) atoms. The Bertz CT molecular complexity index is 571. The van der Waals surface area contributed by atoms with Gasteiger partial charge in [0.25, 0.3) is 0 Å². The summed E-state index contributed by atoms with van der Waals surface area (Å²) in [6.45, 7) is 9.51. The highest BCUT2D eigenvalue weighted by Gasteiger charge is 2.32. The number of piperazine rings is 1. The molecule has 1 aliphatic rings. The van der Waals surface area contributed by atoms with Gasteiger partial charge in [0, 0.05) is 31.7 Å². The molecule has 0 unspecified atom stereocenters. The van der Waals surface area contributed by atoms with Gasteiger partial charge in [-0.3, -0.25) is 0 Å². The zero-order valence-corrected chi connectivity index (χ0v) is 14.5. The smallest absolute Gasteiger partial charge is 0.410 e. The second-order valence-corrected chi connectivity index (χ2v) is 6.76. The van der Waals surface area contributed by atoms with Crippen molar-refractivity contribution < 1.29 is 14.3 Å². The van der Waals surface area contributed by atoms with E-state index in [1.807, 2.05) is 27.7 Å². The molecule has 0 aromatic carbocycles. The minimum atomic E-state index is -0.490. The number of pyridine rings is 1. The summed E-state index contributed by atoms with van der Waals surface area (Å²) in [6, 6.07) is 1.77. The van der Waals surface area contributed by atoms with E-state index >= 15 is 0 Å². The van der Waals surface area contributed by atoms with E-state index in [0.29, 0.717) is 31.1 Å². The fraction of sp³-hybridized carbons (Fsp3) is 0.625. The molecule has 0 aliphatic carbocycles. The first-order chi connectivity index (χ1) is 10.7. The van der Waals surface area contributed by atoms with Gasteiger partial charge in [0.05, 0.1) is 19.0 Å². The number of anilines is 2. The average Bonchev–Trinajstić information content (AvgIpc) is 2.44. The molecule has 1 fully saturated rings. The quantitative estimate of drug-likeness (QED) is 0.898. The van der Waals surface area contributed by atoms with Gasteiger partial charge in [-0.15, -0.1) is 0 Å². The van der Waals surface area contributed by atoms with E-state index in [2.05, 4.69) is 9.88 Å². The number of rotatable bonds is 2. The maximum atomic E-state index is 12.3. The van der Waals surface area contributed by atoms with Gasteiger partial charge in [-0.1, -0.05) is 0 Å². The van der Waals surface area contributed by atoms with Crippen molar-refractivity contribution in [3.63, 3.8) is 0 Å². The van der Waals surface area contributed by atoms with Gasteiger partial charge in [0.2, 0.25) is 0 Å². The molecule has 7 heteroatoms. The predicted molar refractivity (Wildman–Crippen MR) is 89.8 cm³/mol.